The fraction of sp³-hybridized carbons (Fsp3) is 0.167. The van der Waals surface area contributed by atoms with Gasteiger partial charge in [0.1, 0.15) is 0 Å². The first-order chi connectivity index (χ1) is 8.56. The summed E-state index contributed by atoms with van der Waals surface area (Å²) in [6.07, 6.45) is 1.84. The number of benzene rings is 1. The second-order valence-corrected chi connectivity index (χ2v) is 5.56. The summed E-state index contributed by atoms with van der Waals surface area (Å²) >= 11 is 6.72. The number of rotatable bonds is 3. The lowest BCUT2D eigenvalue weighted by Gasteiger charge is -2.05. The van der Waals surface area contributed by atoms with Crippen LogP contribution in [0, 0.1) is 0 Å². The predicted octanol–water partition coefficient (Wildman–Crippen LogP) is 2.88. The molecule has 1 heterocycles. The van der Waals surface area contributed by atoms with Crippen LogP contribution in [0.1, 0.15) is 16.1 Å². The summed E-state index contributed by atoms with van der Waals surface area (Å²) in [6.45, 7) is 0.419. The van der Waals surface area contributed by atoms with Gasteiger partial charge in [0, 0.05) is 22.2 Å². The standard InChI is InChI=1S/C12H11Br2N3O/c1-17-5-4-9(16-17)7-15-12(18)10-3-2-8(13)6-11(10)14/h2-6H,7H2,1H3,(H,15,18). The van der Waals surface area contributed by atoms with Crippen molar-refractivity contribution in [3.8, 4) is 0 Å². The summed E-state index contributed by atoms with van der Waals surface area (Å²) in [5.74, 6) is -0.125. The van der Waals surface area contributed by atoms with Gasteiger partial charge >= 0.3 is 0 Å². The van der Waals surface area contributed by atoms with Crippen molar-refractivity contribution >= 4 is 37.8 Å². The van der Waals surface area contributed by atoms with Crippen LogP contribution in [0.5, 0.6) is 0 Å². The first-order valence-corrected chi connectivity index (χ1v) is 6.86. The second kappa shape index (κ2) is 5.67. The smallest absolute Gasteiger partial charge is 0.252 e. The molecule has 2 rings (SSSR count). The molecule has 0 saturated carbocycles. The lowest BCUT2D eigenvalue weighted by Crippen LogP contribution is -2.23. The zero-order valence-electron chi connectivity index (χ0n) is 9.65. The third-order valence-electron chi connectivity index (χ3n) is 2.37. The van der Waals surface area contributed by atoms with Gasteiger partial charge in [-0.1, -0.05) is 15.9 Å². The number of nitrogens with zero attached hydrogens (tertiary/aromatic N) is 2. The third-order valence-corrected chi connectivity index (χ3v) is 3.52. The molecule has 1 N–H and O–H groups in total. The highest BCUT2D eigenvalue weighted by Crippen LogP contribution is 2.21. The van der Waals surface area contributed by atoms with Crippen LogP contribution < -0.4 is 5.32 Å². The van der Waals surface area contributed by atoms with Gasteiger partial charge in [-0.2, -0.15) is 5.10 Å². The van der Waals surface area contributed by atoms with Gasteiger partial charge in [-0.15, -0.1) is 0 Å². The highest BCUT2D eigenvalue weighted by atomic mass is 79.9. The summed E-state index contributed by atoms with van der Waals surface area (Å²) in [4.78, 5) is 12.0. The number of nitrogens with one attached hydrogen (secondary N) is 1. The zero-order valence-corrected chi connectivity index (χ0v) is 12.8. The molecule has 0 saturated heterocycles. The average molecular weight is 373 g/mol. The molecule has 0 aliphatic heterocycles. The Bertz CT molecular complexity index is 580. The van der Waals surface area contributed by atoms with Crippen molar-refractivity contribution in [3.63, 3.8) is 0 Å². The van der Waals surface area contributed by atoms with Gasteiger partial charge in [-0.25, -0.2) is 0 Å². The van der Waals surface area contributed by atoms with Crippen LogP contribution in [0.25, 0.3) is 0 Å². The van der Waals surface area contributed by atoms with Crippen molar-refractivity contribution in [2.24, 2.45) is 7.05 Å². The van der Waals surface area contributed by atoms with Crippen LogP contribution in [0.4, 0.5) is 0 Å². The maximum Gasteiger partial charge on any atom is 0.252 e. The average Bonchev–Trinajstić information content (AvgIpc) is 2.72. The van der Waals surface area contributed by atoms with Crippen molar-refractivity contribution in [1.82, 2.24) is 15.1 Å². The summed E-state index contributed by atoms with van der Waals surface area (Å²) < 4.78 is 3.39. The summed E-state index contributed by atoms with van der Waals surface area (Å²) in [5, 5.41) is 7.02. The van der Waals surface area contributed by atoms with Crippen LogP contribution in [-0.2, 0) is 13.6 Å². The van der Waals surface area contributed by atoms with Gasteiger partial charge in [-0.3, -0.25) is 9.48 Å². The van der Waals surface area contributed by atoms with E-state index >= 15 is 0 Å². The molecule has 1 amide bonds. The number of hydrogen-bond acceptors (Lipinski definition) is 2. The number of carbonyl (C=O) groups excluding carboxylic acids is 1. The Morgan fingerprint density at radius 1 is 1.39 bits per heavy atom. The Morgan fingerprint density at radius 2 is 2.17 bits per heavy atom. The van der Waals surface area contributed by atoms with E-state index in [4.69, 9.17) is 0 Å². The van der Waals surface area contributed by atoms with E-state index in [1.807, 2.05) is 31.4 Å². The van der Waals surface area contributed by atoms with Crippen LogP contribution >= 0.6 is 31.9 Å². The van der Waals surface area contributed by atoms with Crippen molar-refractivity contribution in [3.05, 3.63) is 50.7 Å². The first-order valence-electron chi connectivity index (χ1n) is 5.28. The van der Waals surface area contributed by atoms with E-state index in [2.05, 4.69) is 42.3 Å². The minimum absolute atomic E-state index is 0.125. The monoisotopic (exact) mass is 371 g/mol. The molecule has 0 fully saturated rings. The molecule has 4 nitrogen and oxygen atoms in total. The van der Waals surface area contributed by atoms with E-state index in [-0.39, 0.29) is 5.91 Å². The molecular weight excluding hydrogens is 362 g/mol. The van der Waals surface area contributed by atoms with E-state index in [0.717, 1.165) is 14.6 Å². The highest BCUT2D eigenvalue weighted by Gasteiger charge is 2.10. The van der Waals surface area contributed by atoms with Gasteiger partial charge in [-0.05, 0) is 40.2 Å². The minimum atomic E-state index is -0.125. The van der Waals surface area contributed by atoms with Crippen molar-refractivity contribution in [2.75, 3.05) is 0 Å². The molecule has 0 bridgehead atoms. The van der Waals surface area contributed by atoms with E-state index < -0.39 is 0 Å². The largest absolute Gasteiger partial charge is 0.346 e. The summed E-state index contributed by atoms with van der Waals surface area (Å²) in [6, 6.07) is 7.31. The maximum atomic E-state index is 12.0. The van der Waals surface area contributed by atoms with Crippen molar-refractivity contribution < 1.29 is 4.79 Å². The van der Waals surface area contributed by atoms with Gasteiger partial charge in [0.25, 0.3) is 5.91 Å². The molecule has 0 aliphatic rings. The number of amides is 1. The van der Waals surface area contributed by atoms with E-state index in [1.54, 1.807) is 10.7 Å². The van der Waals surface area contributed by atoms with Crippen LogP contribution in [0.15, 0.2) is 39.4 Å². The molecule has 6 heteroatoms. The lowest BCUT2D eigenvalue weighted by molar-refractivity contribution is 0.0949. The van der Waals surface area contributed by atoms with Crippen molar-refractivity contribution in [1.29, 1.82) is 0 Å². The Labute approximate surface area is 122 Å². The normalized spacial score (nSPS) is 10.4. The Balaban J connectivity index is 2.03. The van der Waals surface area contributed by atoms with E-state index in [1.165, 1.54) is 0 Å². The van der Waals surface area contributed by atoms with E-state index in [9.17, 15) is 4.79 Å². The molecule has 2 aromatic rings. The molecule has 18 heavy (non-hydrogen) atoms. The quantitative estimate of drug-likeness (QED) is 0.900. The molecule has 0 aliphatic carbocycles. The molecule has 0 radical (unpaired) electrons. The molecule has 1 aromatic carbocycles. The number of carbonyl (C=O) groups is 1. The molecular formula is C12H11Br2N3O. The Morgan fingerprint density at radius 3 is 2.78 bits per heavy atom. The second-order valence-electron chi connectivity index (χ2n) is 3.79. The fourth-order valence-corrected chi connectivity index (χ4v) is 2.72. The number of aryl methyl sites for hydroxylation is 1. The molecule has 0 atom stereocenters. The van der Waals surface area contributed by atoms with Crippen LogP contribution in [0.2, 0.25) is 0 Å². The van der Waals surface area contributed by atoms with Crippen molar-refractivity contribution in [2.45, 2.75) is 6.54 Å². The fourth-order valence-electron chi connectivity index (χ4n) is 1.50. The number of hydrogen-bond donors (Lipinski definition) is 1. The summed E-state index contributed by atoms with van der Waals surface area (Å²) in [5.41, 5.74) is 1.44. The topological polar surface area (TPSA) is 46.9 Å². The Hall–Kier alpha value is -1.14. The molecule has 0 unspecified atom stereocenters. The third kappa shape index (κ3) is 3.20. The molecule has 0 spiro atoms. The van der Waals surface area contributed by atoms with Gasteiger partial charge in [0.05, 0.1) is 17.8 Å². The Kier molecular flexibility index (Phi) is 4.19. The predicted molar refractivity (Wildman–Crippen MR) is 76.2 cm³/mol. The summed E-state index contributed by atoms with van der Waals surface area (Å²) in [7, 11) is 1.84. The molecule has 1 aromatic heterocycles. The van der Waals surface area contributed by atoms with Gasteiger partial charge < -0.3 is 5.32 Å². The lowest BCUT2D eigenvalue weighted by atomic mass is 10.2. The molecule has 94 valence electrons. The number of halogens is 2. The van der Waals surface area contributed by atoms with Gasteiger partial charge in [0.2, 0.25) is 0 Å². The SMILES string of the molecule is Cn1ccc(CNC(=O)c2ccc(Br)cc2Br)n1. The first kappa shape index (κ1) is 13.3. The van der Waals surface area contributed by atoms with Crippen LogP contribution in [-0.4, -0.2) is 15.7 Å². The zero-order chi connectivity index (χ0) is 13.1. The highest BCUT2D eigenvalue weighted by molar-refractivity contribution is 9.11. The van der Waals surface area contributed by atoms with E-state index in [0.29, 0.717) is 12.1 Å². The maximum absolute atomic E-state index is 12.0. The number of aromatic nitrogens is 2. The van der Waals surface area contributed by atoms with Gasteiger partial charge in [0.15, 0.2) is 0 Å². The van der Waals surface area contributed by atoms with Crippen LogP contribution in [0.3, 0.4) is 0 Å². The minimum Gasteiger partial charge on any atom is -0.346 e.